The minimum atomic E-state index is -3.10. The van der Waals surface area contributed by atoms with Gasteiger partial charge in [0.2, 0.25) is 10.0 Å². The van der Waals surface area contributed by atoms with Crippen molar-refractivity contribution in [2.75, 3.05) is 6.54 Å². The summed E-state index contributed by atoms with van der Waals surface area (Å²) in [6.07, 6.45) is 5.66. The molecular weight excluding hydrogens is 286 g/mol. The molecule has 1 aromatic carbocycles. The SMILES string of the molecule is O=S(=O)(NCCc1cnc(-c2ccccc2)nc1)C1CC1. The second kappa shape index (κ2) is 5.91. The number of benzene rings is 1. The minimum absolute atomic E-state index is 0.172. The Morgan fingerprint density at radius 3 is 2.38 bits per heavy atom. The number of aromatic nitrogens is 2. The fourth-order valence-corrected chi connectivity index (χ4v) is 3.43. The van der Waals surface area contributed by atoms with Gasteiger partial charge in [-0.2, -0.15) is 0 Å². The molecule has 1 fully saturated rings. The molecular formula is C15H17N3O2S. The topological polar surface area (TPSA) is 72.0 Å². The molecule has 1 heterocycles. The van der Waals surface area contributed by atoms with Crippen molar-refractivity contribution in [2.24, 2.45) is 0 Å². The highest BCUT2D eigenvalue weighted by molar-refractivity contribution is 7.90. The summed E-state index contributed by atoms with van der Waals surface area (Å²) < 4.78 is 26.0. The predicted molar refractivity (Wildman–Crippen MR) is 81.1 cm³/mol. The average molecular weight is 303 g/mol. The Morgan fingerprint density at radius 2 is 1.76 bits per heavy atom. The molecule has 0 unspecified atom stereocenters. The van der Waals surface area contributed by atoms with E-state index in [9.17, 15) is 8.42 Å². The lowest BCUT2D eigenvalue weighted by molar-refractivity contribution is 0.580. The first-order chi connectivity index (χ1) is 10.1. The van der Waals surface area contributed by atoms with Gasteiger partial charge in [-0.25, -0.2) is 23.1 Å². The highest BCUT2D eigenvalue weighted by atomic mass is 32.2. The number of rotatable bonds is 6. The lowest BCUT2D eigenvalue weighted by atomic mass is 10.2. The van der Waals surface area contributed by atoms with Gasteiger partial charge in [0.05, 0.1) is 5.25 Å². The van der Waals surface area contributed by atoms with Crippen LogP contribution in [0.15, 0.2) is 42.7 Å². The third-order valence-electron chi connectivity index (χ3n) is 3.42. The highest BCUT2D eigenvalue weighted by Gasteiger charge is 2.35. The zero-order valence-corrected chi connectivity index (χ0v) is 12.4. The molecule has 6 heteroatoms. The van der Waals surface area contributed by atoms with Crippen LogP contribution in [-0.4, -0.2) is 30.2 Å². The smallest absolute Gasteiger partial charge is 0.214 e. The molecule has 0 spiro atoms. The van der Waals surface area contributed by atoms with Crippen molar-refractivity contribution in [3.8, 4) is 11.4 Å². The average Bonchev–Trinajstić information content (AvgIpc) is 3.34. The maximum absolute atomic E-state index is 11.7. The monoisotopic (exact) mass is 303 g/mol. The molecule has 0 aliphatic heterocycles. The van der Waals surface area contributed by atoms with E-state index >= 15 is 0 Å². The fourth-order valence-electron chi connectivity index (χ4n) is 2.05. The predicted octanol–water partition coefficient (Wildman–Crippen LogP) is 1.77. The third-order valence-corrected chi connectivity index (χ3v) is 5.37. The van der Waals surface area contributed by atoms with Crippen LogP contribution in [-0.2, 0) is 16.4 Å². The molecule has 1 aliphatic rings. The Hall–Kier alpha value is -1.79. The number of hydrogen-bond acceptors (Lipinski definition) is 4. The number of nitrogens with zero attached hydrogens (tertiary/aromatic N) is 2. The molecule has 1 aromatic heterocycles. The lowest BCUT2D eigenvalue weighted by Gasteiger charge is -2.05. The fraction of sp³-hybridized carbons (Fsp3) is 0.333. The lowest BCUT2D eigenvalue weighted by Crippen LogP contribution is -2.29. The molecule has 5 nitrogen and oxygen atoms in total. The summed E-state index contributed by atoms with van der Waals surface area (Å²) in [5, 5.41) is -0.172. The second-order valence-corrected chi connectivity index (χ2v) is 7.22. The zero-order chi connectivity index (χ0) is 14.7. The molecule has 1 N–H and O–H groups in total. The van der Waals surface area contributed by atoms with Gasteiger partial charge in [-0.1, -0.05) is 30.3 Å². The maximum Gasteiger partial charge on any atom is 0.214 e. The van der Waals surface area contributed by atoms with Crippen molar-refractivity contribution >= 4 is 10.0 Å². The zero-order valence-electron chi connectivity index (χ0n) is 11.6. The van der Waals surface area contributed by atoms with Crippen LogP contribution >= 0.6 is 0 Å². The van der Waals surface area contributed by atoms with Gasteiger partial charge < -0.3 is 0 Å². The van der Waals surface area contributed by atoms with Gasteiger partial charge in [0.1, 0.15) is 0 Å². The van der Waals surface area contributed by atoms with Crippen molar-refractivity contribution in [1.82, 2.24) is 14.7 Å². The van der Waals surface area contributed by atoms with E-state index in [2.05, 4.69) is 14.7 Å². The summed E-state index contributed by atoms with van der Waals surface area (Å²) in [4.78, 5) is 8.65. The normalized spacial score (nSPS) is 15.0. The van der Waals surface area contributed by atoms with Crippen molar-refractivity contribution in [3.63, 3.8) is 0 Å². The summed E-state index contributed by atoms with van der Waals surface area (Å²) in [6.45, 7) is 0.396. The molecule has 0 atom stereocenters. The second-order valence-electron chi connectivity index (χ2n) is 5.17. The molecule has 0 saturated heterocycles. The largest absolute Gasteiger partial charge is 0.236 e. The molecule has 1 aliphatic carbocycles. The number of nitrogens with one attached hydrogen (secondary N) is 1. The Balaban J connectivity index is 1.57. The van der Waals surface area contributed by atoms with Crippen LogP contribution in [0.4, 0.5) is 0 Å². The van der Waals surface area contributed by atoms with E-state index in [4.69, 9.17) is 0 Å². The maximum atomic E-state index is 11.7. The molecule has 3 rings (SSSR count). The highest BCUT2D eigenvalue weighted by Crippen LogP contribution is 2.27. The van der Waals surface area contributed by atoms with Gasteiger partial charge in [0, 0.05) is 24.5 Å². The quantitative estimate of drug-likeness (QED) is 0.883. The first kappa shape index (κ1) is 14.2. The standard InChI is InChI=1S/C15H17N3O2S/c19-21(20,14-6-7-14)18-9-8-12-10-16-15(17-11-12)13-4-2-1-3-5-13/h1-5,10-11,14,18H,6-9H2. The third kappa shape index (κ3) is 3.65. The van der Waals surface area contributed by atoms with Gasteiger partial charge in [0.15, 0.2) is 5.82 Å². The Labute approximate surface area is 124 Å². The van der Waals surface area contributed by atoms with Crippen molar-refractivity contribution < 1.29 is 8.42 Å². The Bertz CT molecular complexity index is 695. The van der Waals surface area contributed by atoms with E-state index in [1.54, 1.807) is 12.4 Å². The number of hydrogen-bond donors (Lipinski definition) is 1. The Morgan fingerprint density at radius 1 is 1.10 bits per heavy atom. The first-order valence-corrected chi connectivity index (χ1v) is 8.54. The molecule has 110 valence electrons. The van der Waals surface area contributed by atoms with Gasteiger partial charge in [0.25, 0.3) is 0 Å². The molecule has 0 amide bonds. The summed E-state index contributed by atoms with van der Waals surface area (Å²) >= 11 is 0. The van der Waals surface area contributed by atoms with Crippen LogP contribution in [0.1, 0.15) is 18.4 Å². The summed E-state index contributed by atoms with van der Waals surface area (Å²) in [5.41, 5.74) is 1.90. The van der Waals surface area contributed by atoms with E-state index in [1.165, 1.54) is 0 Å². The minimum Gasteiger partial charge on any atom is -0.236 e. The van der Waals surface area contributed by atoms with Crippen molar-refractivity contribution in [3.05, 3.63) is 48.3 Å². The van der Waals surface area contributed by atoms with Crippen LogP contribution in [0, 0.1) is 0 Å². The van der Waals surface area contributed by atoms with Gasteiger partial charge in [-0.15, -0.1) is 0 Å². The van der Waals surface area contributed by atoms with Crippen molar-refractivity contribution in [2.45, 2.75) is 24.5 Å². The van der Waals surface area contributed by atoms with E-state index in [0.717, 1.165) is 24.0 Å². The van der Waals surface area contributed by atoms with E-state index in [1.807, 2.05) is 30.3 Å². The van der Waals surface area contributed by atoms with E-state index < -0.39 is 10.0 Å². The van der Waals surface area contributed by atoms with Crippen LogP contribution in [0.5, 0.6) is 0 Å². The Kier molecular flexibility index (Phi) is 3.98. The van der Waals surface area contributed by atoms with Crippen LogP contribution in [0.25, 0.3) is 11.4 Å². The van der Waals surface area contributed by atoms with Crippen LogP contribution in [0.3, 0.4) is 0 Å². The van der Waals surface area contributed by atoms with Gasteiger partial charge in [-0.3, -0.25) is 0 Å². The van der Waals surface area contributed by atoms with E-state index in [-0.39, 0.29) is 5.25 Å². The molecule has 0 bridgehead atoms. The van der Waals surface area contributed by atoms with Crippen molar-refractivity contribution in [1.29, 1.82) is 0 Å². The summed E-state index contributed by atoms with van der Waals surface area (Å²) in [5.74, 6) is 0.679. The van der Waals surface area contributed by atoms with Crippen LogP contribution in [0.2, 0.25) is 0 Å². The molecule has 21 heavy (non-hydrogen) atoms. The summed E-state index contributed by atoms with van der Waals surface area (Å²) in [6, 6.07) is 9.75. The number of sulfonamides is 1. The van der Waals surface area contributed by atoms with Gasteiger partial charge >= 0.3 is 0 Å². The molecule has 1 saturated carbocycles. The van der Waals surface area contributed by atoms with Crippen LogP contribution < -0.4 is 4.72 Å². The summed E-state index contributed by atoms with van der Waals surface area (Å²) in [7, 11) is -3.10. The molecule has 0 radical (unpaired) electrons. The van der Waals surface area contributed by atoms with E-state index in [0.29, 0.717) is 18.8 Å². The first-order valence-electron chi connectivity index (χ1n) is 7.00. The van der Waals surface area contributed by atoms with Gasteiger partial charge in [-0.05, 0) is 24.8 Å². The molecule has 2 aromatic rings.